The average Bonchev–Trinajstić information content (AvgIpc) is 2.45. The van der Waals surface area contributed by atoms with Crippen molar-refractivity contribution in [3.63, 3.8) is 0 Å². The molecule has 0 amide bonds. The van der Waals surface area contributed by atoms with E-state index in [2.05, 4.69) is 5.32 Å². The lowest BCUT2D eigenvalue weighted by atomic mass is 9.87. The van der Waals surface area contributed by atoms with Gasteiger partial charge in [0.05, 0.1) is 6.42 Å². The van der Waals surface area contributed by atoms with Crippen LogP contribution < -0.4 is 10.1 Å². The van der Waals surface area contributed by atoms with E-state index in [1.54, 1.807) is 7.11 Å². The second kappa shape index (κ2) is 6.63. The quantitative estimate of drug-likeness (QED) is 0.845. The second-order valence-corrected chi connectivity index (χ2v) is 8.01. The van der Waals surface area contributed by atoms with Crippen LogP contribution in [0.4, 0.5) is 5.69 Å². The number of hydrogen-bond acceptors (Lipinski definition) is 5. The van der Waals surface area contributed by atoms with Gasteiger partial charge in [-0.1, -0.05) is 20.8 Å². The molecule has 0 spiro atoms. The first-order chi connectivity index (χ1) is 11.1. The SMILES string of the molecule is CNc1ccc2c(c1)C(OC)C(OC(=O)CC(C)(C)C)C(C)(C)O2. The molecular formula is C19H29NO4. The van der Waals surface area contributed by atoms with Gasteiger partial charge >= 0.3 is 5.97 Å². The van der Waals surface area contributed by atoms with Gasteiger partial charge in [-0.15, -0.1) is 0 Å². The Morgan fingerprint density at radius 2 is 2.00 bits per heavy atom. The summed E-state index contributed by atoms with van der Waals surface area (Å²) in [7, 11) is 3.49. The zero-order valence-corrected chi connectivity index (χ0v) is 15.7. The topological polar surface area (TPSA) is 56.8 Å². The minimum absolute atomic E-state index is 0.128. The summed E-state index contributed by atoms with van der Waals surface area (Å²) in [6, 6.07) is 5.85. The van der Waals surface area contributed by atoms with Gasteiger partial charge in [0.2, 0.25) is 0 Å². The monoisotopic (exact) mass is 335 g/mol. The molecule has 134 valence electrons. The van der Waals surface area contributed by atoms with Gasteiger partial charge in [-0.2, -0.15) is 0 Å². The lowest BCUT2D eigenvalue weighted by molar-refractivity contribution is -0.182. The number of anilines is 1. The summed E-state index contributed by atoms with van der Waals surface area (Å²) in [5.41, 5.74) is 1.04. The minimum atomic E-state index is -0.678. The highest BCUT2D eigenvalue weighted by atomic mass is 16.6. The maximum Gasteiger partial charge on any atom is 0.306 e. The molecule has 0 radical (unpaired) electrons. The molecule has 0 saturated heterocycles. The summed E-state index contributed by atoms with van der Waals surface area (Å²) in [4.78, 5) is 12.4. The van der Waals surface area contributed by atoms with Crippen molar-refractivity contribution in [2.24, 2.45) is 5.41 Å². The highest BCUT2D eigenvalue weighted by Gasteiger charge is 2.47. The van der Waals surface area contributed by atoms with Crippen molar-refractivity contribution in [2.75, 3.05) is 19.5 Å². The van der Waals surface area contributed by atoms with Gasteiger partial charge in [0, 0.05) is 25.4 Å². The average molecular weight is 335 g/mol. The van der Waals surface area contributed by atoms with E-state index in [9.17, 15) is 4.79 Å². The summed E-state index contributed by atoms with van der Waals surface area (Å²) >= 11 is 0. The minimum Gasteiger partial charge on any atom is -0.483 e. The lowest BCUT2D eigenvalue weighted by Crippen LogP contribution is -2.51. The fraction of sp³-hybridized carbons (Fsp3) is 0.632. The molecule has 0 fully saturated rings. The second-order valence-electron chi connectivity index (χ2n) is 8.01. The molecule has 1 aliphatic heterocycles. The van der Waals surface area contributed by atoms with Crippen LogP contribution in [0.15, 0.2) is 18.2 Å². The molecule has 0 saturated carbocycles. The van der Waals surface area contributed by atoms with E-state index in [0.717, 1.165) is 17.0 Å². The zero-order valence-electron chi connectivity index (χ0n) is 15.7. The third-order valence-electron chi connectivity index (χ3n) is 4.13. The Morgan fingerprint density at radius 3 is 2.54 bits per heavy atom. The molecule has 2 rings (SSSR count). The Balaban J connectivity index is 2.33. The van der Waals surface area contributed by atoms with Crippen LogP contribution in [-0.2, 0) is 14.3 Å². The Morgan fingerprint density at radius 1 is 1.33 bits per heavy atom. The van der Waals surface area contributed by atoms with E-state index in [-0.39, 0.29) is 17.5 Å². The van der Waals surface area contributed by atoms with Gasteiger partial charge in [0.25, 0.3) is 0 Å². The van der Waals surface area contributed by atoms with Crippen molar-refractivity contribution in [3.8, 4) is 5.75 Å². The van der Waals surface area contributed by atoms with E-state index >= 15 is 0 Å². The Labute approximate surface area is 144 Å². The molecule has 5 heteroatoms. The van der Waals surface area contributed by atoms with Crippen molar-refractivity contribution in [1.29, 1.82) is 0 Å². The highest BCUT2D eigenvalue weighted by molar-refractivity contribution is 5.70. The van der Waals surface area contributed by atoms with Crippen LogP contribution >= 0.6 is 0 Å². The molecule has 1 N–H and O–H groups in total. The van der Waals surface area contributed by atoms with E-state index in [1.807, 2.05) is 59.9 Å². The predicted molar refractivity (Wildman–Crippen MR) is 94.4 cm³/mol. The van der Waals surface area contributed by atoms with Gasteiger partial charge < -0.3 is 19.5 Å². The standard InChI is InChI=1S/C19H29NO4/c1-18(2,3)11-15(21)23-17-16(22-7)13-10-12(20-6)8-9-14(13)24-19(17,4)5/h8-10,16-17,20H,11H2,1-7H3. The summed E-state index contributed by atoms with van der Waals surface area (Å²) in [6.07, 6.45) is -0.544. The van der Waals surface area contributed by atoms with E-state index < -0.39 is 11.7 Å². The van der Waals surface area contributed by atoms with E-state index in [1.165, 1.54) is 0 Å². The molecule has 0 bridgehead atoms. The van der Waals surface area contributed by atoms with Gasteiger partial charge in [-0.25, -0.2) is 0 Å². The lowest BCUT2D eigenvalue weighted by Gasteiger charge is -2.43. The summed E-state index contributed by atoms with van der Waals surface area (Å²) in [5, 5.41) is 3.11. The van der Waals surface area contributed by atoms with Crippen LogP contribution in [-0.4, -0.2) is 31.8 Å². The maximum atomic E-state index is 12.4. The smallest absolute Gasteiger partial charge is 0.306 e. The predicted octanol–water partition coefficient (Wildman–Crippen LogP) is 3.93. The Hall–Kier alpha value is -1.75. The third kappa shape index (κ3) is 4.01. The third-order valence-corrected chi connectivity index (χ3v) is 4.13. The van der Waals surface area contributed by atoms with Crippen molar-refractivity contribution in [1.82, 2.24) is 0 Å². The largest absolute Gasteiger partial charge is 0.483 e. The van der Waals surface area contributed by atoms with Crippen LogP contribution in [0, 0.1) is 5.41 Å². The number of ether oxygens (including phenoxy) is 3. The normalized spacial score (nSPS) is 22.3. The first kappa shape index (κ1) is 18.6. The van der Waals surface area contributed by atoms with Crippen LogP contribution in [0.1, 0.15) is 52.7 Å². The number of fused-ring (bicyclic) bond motifs is 1. The number of benzene rings is 1. The molecule has 1 aromatic rings. The molecule has 1 aromatic carbocycles. The Bertz CT molecular complexity index is 604. The molecule has 2 atom stereocenters. The zero-order chi connectivity index (χ0) is 18.1. The molecule has 24 heavy (non-hydrogen) atoms. The molecular weight excluding hydrogens is 306 g/mol. The number of methoxy groups -OCH3 is 1. The Kier molecular flexibility index (Phi) is 5.14. The first-order valence-electron chi connectivity index (χ1n) is 8.30. The van der Waals surface area contributed by atoms with Crippen molar-refractivity contribution in [3.05, 3.63) is 23.8 Å². The summed E-state index contributed by atoms with van der Waals surface area (Å²) < 4.78 is 17.6. The molecule has 5 nitrogen and oxygen atoms in total. The highest BCUT2D eigenvalue weighted by Crippen LogP contribution is 2.44. The van der Waals surface area contributed by atoms with Gasteiger partial charge in [-0.05, 0) is 37.5 Å². The van der Waals surface area contributed by atoms with E-state index in [4.69, 9.17) is 14.2 Å². The van der Waals surface area contributed by atoms with Crippen molar-refractivity contribution < 1.29 is 19.0 Å². The van der Waals surface area contributed by atoms with Crippen LogP contribution in [0.2, 0.25) is 0 Å². The molecule has 0 aliphatic carbocycles. The van der Waals surface area contributed by atoms with Crippen LogP contribution in [0.5, 0.6) is 5.75 Å². The molecule has 0 aromatic heterocycles. The van der Waals surface area contributed by atoms with Crippen molar-refractivity contribution >= 4 is 11.7 Å². The summed E-state index contributed by atoms with van der Waals surface area (Å²) in [6.45, 7) is 9.88. The fourth-order valence-corrected chi connectivity index (χ4v) is 2.96. The van der Waals surface area contributed by atoms with E-state index in [0.29, 0.717) is 6.42 Å². The van der Waals surface area contributed by atoms with Crippen LogP contribution in [0.3, 0.4) is 0 Å². The molecule has 1 aliphatic rings. The van der Waals surface area contributed by atoms with Crippen molar-refractivity contribution in [2.45, 2.75) is 58.8 Å². The van der Waals surface area contributed by atoms with Gasteiger partial charge in [0.15, 0.2) is 6.10 Å². The molecule has 1 heterocycles. The first-order valence-corrected chi connectivity index (χ1v) is 8.30. The van der Waals surface area contributed by atoms with Gasteiger partial charge in [-0.3, -0.25) is 4.79 Å². The molecule has 2 unspecified atom stereocenters. The van der Waals surface area contributed by atoms with Crippen LogP contribution in [0.25, 0.3) is 0 Å². The number of carbonyl (C=O) groups is 1. The fourth-order valence-electron chi connectivity index (χ4n) is 2.96. The number of rotatable bonds is 4. The maximum absolute atomic E-state index is 12.4. The number of carbonyl (C=O) groups excluding carboxylic acids is 1. The number of nitrogens with one attached hydrogen (secondary N) is 1. The van der Waals surface area contributed by atoms with Gasteiger partial charge in [0.1, 0.15) is 17.5 Å². The summed E-state index contributed by atoms with van der Waals surface area (Å²) in [5.74, 6) is 0.522. The number of esters is 1. The number of hydrogen-bond donors (Lipinski definition) is 1.